The minimum atomic E-state index is -0.0720. The summed E-state index contributed by atoms with van der Waals surface area (Å²) in [6.45, 7) is 2.93. The molecule has 1 N–H and O–H groups in total. The molecule has 7 rings (SSSR count). The Hall–Kier alpha value is -3.26. The minimum Gasteiger partial charge on any atom is -0.463 e. The summed E-state index contributed by atoms with van der Waals surface area (Å²) in [5.41, 5.74) is 2.74. The first-order valence-electron chi connectivity index (χ1n) is 11.2. The van der Waals surface area contributed by atoms with Crippen molar-refractivity contribution in [2.75, 3.05) is 26.4 Å². The lowest BCUT2D eigenvalue weighted by Crippen LogP contribution is -2.56. The highest BCUT2D eigenvalue weighted by Crippen LogP contribution is 2.42. The fourth-order valence-electron chi connectivity index (χ4n) is 5.41. The Morgan fingerprint density at radius 3 is 2.94 bits per heavy atom. The third-order valence-corrected chi connectivity index (χ3v) is 7.08. The summed E-state index contributed by atoms with van der Waals surface area (Å²) < 4.78 is 18.2. The van der Waals surface area contributed by atoms with Crippen molar-refractivity contribution >= 4 is 5.91 Å². The predicted molar refractivity (Wildman–Crippen MR) is 117 cm³/mol. The van der Waals surface area contributed by atoms with Gasteiger partial charge in [0.1, 0.15) is 5.69 Å². The van der Waals surface area contributed by atoms with Gasteiger partial charge in [-0.2, -0.15) is 5.10 Å². The van der Waals surface area contributed by atoms with Crippen molar-refractivity contribution in [1.82, 2.24) is 20.0 Å². The molecule has 8 heteroatoms. The molecule has 3 fully saturated rings. The number of amides is 1. The van der Waals surface area contributed by atoms with E-state index in [4.69, 9.17) is 13.9 Å². The molecule has 0 spiro atoms. The van der Waals surface area contributed by atoms with Crippen LogP contribution in [0.5, 0.6) is 11.5 Å². The summed E-state index contributed by atoms with van der Waals surface area (Å²) in [5.74, 6) is 3.09. The largest absolute Gasteiger partial charge is 0.463 e. The van der Waals surface area contributed by atoms with Crippen LogP contribution in [0, 0.1) is 5.92 Å². The zero-order valence-electron chi connectivity index (χ0n) is 18.0. The van der Waals surface area contributed by atoms with E-state index in [1.54, 1.807) is 24.5 Å². The number of ether oxygens (including phenoxy) is 2. The number of rotatable bonds is 5. The minimum absolute atomic E-state index is 0.0720. The van der Waals surface area contributed by atoms with Crippen LogP contribution in [0.15, 0.2) is 47.1 Å². The third-order valence-electron chi connectivity index (χ3n) is 7.08. The maximum Gasteiger partial charge on any atom is 0.251 e. The van der Waals surface area contributed by atoms with E-state index >= 15 is 0 Å². The van der Waals surface area contributed by atoms with Gasteiger partial charge in [0.25, 0.3) is 5.91 Å². The van der Waals surface area contributed by atoms with Gasteiger partial charge in [-0.05, 0) is 61.7 Å². The van der Waals surface area contributed by atoms with Gasteiger partial charge in [0.15, 0.2) is 17.3 Å². The monoisotopic (exact) mass is 434 g/mol. The number of aryl methyl sites for hydroxylation is 1. The molecule has 2 bridgehead atoms. The van der Waals surface area contributed by atoms with Gasteiger partial charge in [0.05, 0.1) is 6.26 Å². The molecule has 3 aromatic rings. The number of benzene rings is 1. The van der Waals surface area contributed by atoms with Crippen molar-refractivity contribution < 1.29 is 18.7 Å². The van der Waals surface area contributed by atoms with Crippen molar-refractivity contribution in [3.63, 3.8) is 0 Å². The third kappa shape index (κ3) is 3.35. The number of furan rings is 1. The molecule has 166 valence electrons. The molecular weight excluding hydrogens is 408 g/mol. The van der Waals surface area contributed by atoms with Crippen molar-refractivity contribution in [3.05, 3.63) is 53.9 Å². The van der Waals surface area contributed by atoms with Crippen LogP contribution < -0.4 is 14.8 Å². The number of aromatic nitrogens is 2. The lowest BCUT2D eigenvalue weighted by Gasteiger charge is -2.50. The zero-order chi connectivity index (χ0) is 21.7. The molecule has 0 radical (unpaired) electrons. The van der Waals surface area contributed by atoms with Crippen molar-refractivity contribution in [3.8, 4) is 23.0 Å². The molecule has 3 saturated heterocycles. The molecule has 0 saturated carbocycles. The predicted octanol–water partition coefficient (Wildman–Crippen LogP) is 3.02. The van der Waals surface area contributed by atoms with Crippen molar-refractivity contribution in [2.45, 2.75) is 24.8 Å². The number of nitrogens with zero attached hydrogens (tertiary/aromatic N) is 3. The number of piperidine rings is 3. The molecule has 2 aromatic heterocycles. The number of carbonyl (C=O) groups excluding carboxylic acids is 1. The number of nitrogens with one attached hydrogen (secondary N) is 1. The quantitative estimate of drug-likeness (QED) is 0.665. The summed E-state index contributed by atoms with van der Waals surface area (Å²) in [5, 5.41) is 7.80. The molecule has 4 aliphatic rings. The number of hydrogen-bond donors (Lipinski definition) is 1. The van der Waals surface area contributed by atoms with E-state index < -0.39 is 0 Å². The highest BCUT2D eigenvalue weighted by molar-refractivity contribution is 5.94. The normalized spacial score (nSPS) is 25.8. The van der Waals surface area contributed by atoms with E-state index in [9.17, 15) is 4.79 Å². The average Bonchev–Trinajstić information content (AvgIpc) is 3.57. The fourth-order valence-corrected chi connectivity index (χ4v) is 5.41. The fraction of sp³-hybridized carbons (Fsp3) is 0.417. The number of carbonyl (C=O) groups is 1. The van der Waals surface area contributed by atoms with Crippen LogP contribution in [0.4, 0.5) is 0 Å². The Morgan fingerprint density at radius 1 is 1.22 bits per heavy atom. The molecule has 6 heterocycles. The summed E-state index contributed by atoms with van der Waals surface area (Å²) in [7, 11) is 2.02. The highest BCUT2D eigenvalue weighted by Gasteiger charge is 2.42. The van der Waals surface area contributed by atoms with Gasteiger partial charge in [0, 0.05) is 43.4 Å². The second kappa shape index (κ2) is 7.70. The Morgan fingerprint density at radius 2 is 2.12 bits per heavy atom. The molecule has 32 heavy (non-hydrogen) atoms. The summed E-state index contributed by atoms with van der Waals surface area (Å²) in [6, 6.07) is 11.7. The van der Waals surface area contributed by atoms with Crippen LogP contribution in [0.2, 0.25) is 0 Å². The second-order valence-corrected chi connectivity index (χ2v) is 8.87. The zero-order valence-corrected chi connectivity index (χ0v) is 18.0. The molecule has 1 unspecified atom stereocenters. The van der Waals surface area contributed by atoms with Gasteiger partial charge in [-0.1, -0.05) is 0 Å². The van der Waals surface area contributed by atoms with Crippen molar-refractivity contribution in [1.29, 1.82) is 0 Å². The molecule has 4 aliphatic heterocycles. The smallest absolute Gasteiger partial charge is 0.251 e. The molecule has 0 aliphatic carbocycles. The van der Waals surface area contributed by atoms with E-state index in [2.05, 4.69) is 21.4 Å². The first-order valence-corrected chi connectivity index (χ1v) is 11.2. The SMILES string of the molecule is Cn1nc(-c2ccco2)cc1[C@H]1CN2CC[C@H]1C[C@@H]2CNC(=O)c1ccc2c(c1)OCO2. The summed E-state index contributed by atoms with van der Waals surface area (Å²) in [4.78, 5) is 15.2. The van der Waals surface area contributed by atoms with Crippen LogP contribution in [0.1, 0.15) is 34.8 Å². The Kier molecular flexibility index (Phi) is 4.68. The first-order chi connectivity index (χ1) is 15.7. The van der Waals surface area contributed by atoms with E-state index in [1.165, 1.54) is 12.1 Å². The summed E-state index contributed by atoms with van der Waals surface area (Å²) in [6.07, 6.45) is 3.94. The standard InChI is InChI=1S/C24H26N4O4/c1-27-20(11-19(26-27)21-3-2-8-30-21)18-13-28-7-6-15(18)9-17(28)12-25-24(29)16-4-5-22-23(10-16)32-14-31-22/h2-5,8,10-11,15,17-18H,6-7,9,12-14H2,1H3,(H,25,29)/t15-,17+,18-/m0/s1. The van der Waals surface area contributed by atoms with Crippen LogP contribution >= 0.6 is 0 Å². The summed E-state index contributed by atoms with van der Waals surface area (Å²) >= 11 is 0. The molecule has 1 aromatic carbocycles. The number of fused-ring (bicyclic) bond motifs is 4. The van der Waals surface area contributed by atoms with Gasteiger partial charge < -0.3 is 19.2 Å². The maximum absolute atomic E-state index is 12.7. The van der Waals surface area contributed by atoms with Crippen LogP contribution in [0.25, 0.3) is 11.5 Å². The molecular formula is C24H26N4O4. The van der Waals surface area contributed by atoms with Crippen LogP contribution in [-0.4, -0.2) is 53.1 Å². The molecule has 8 nitrogen and oxygen atoms in total. The van der Waals surface area contributed by atoms with Gasteiger partial charge in [-0.15, -0.1) is 0 Å². The van der Waals surface area contributed by atoms with Gasteiger partial charge in [0.2, 0.25) is 6.79 Å². The first kappa shape index (κ1) is 19.4. The van der Waals surface area contributed by atoms with Crippen LogP contribution in [-0.2, 0) is 7.05 Å². The Balaban J connectivity index is 1.11. The maximum atomic E-state index is 12.7. The van der Waals surface area contributed by atoms with Gasteiger partial charge >= 0.3 is 0 Å². The lowest BCUT2D eigenvalue weighted by molar-refractivity contribution is 0.0280. The highest BCUT2D eigenvalue weighted by atomic mass is 16.7. The Labute approximate surface area is 186 Å². The van der Waals surface area contributed by atoms with E-state index in [0.29, 0.717) is 41.5 Å². The average molecular weight is 434 g/mol. The molecule has 1 amide bonds. The number of hydrogen-bond acceptors (Lipinski definition) is 6. The lowest BCUT2D eigenvalue weighted by atomic mass is 9.74. The topological polar surface area (TPSA) is 81.8 Å². The second-order valence-electron chi connectivity index (χ2n) is 8.87. The van der Waals surface area contributed by atoms with Gasteiger partial charge in [-0.25, -0.2) is 0 Å². The Bertz CT molecular complexity index is 1140. The van der Waals surface area contributed by atoms with E-state index in [1.807, 2.05) is 23.9 Å². The van der Waals surface area contributed by atoms with Crippen molar-refractivity contribution in [2.24, 2.45) is 13.0 Å². The van der Waals surface area contributed by atoms with Crippen LogP contribution in [0.3, 0.4) is 0 Å². The van der Waals surface area contributed by atoms with E-state index in [0.717, 1.165) is 31.0 Å². The van der Waals surface area contributed by atoms with Gasteiger partial charge in [-0.3, -0.25) is 14.4 Å². The van der Waals surface area contributed by atoms with E-state index in [-0.39, 0.29) is 12.7 Å². The molecule has 4 atom stereocenters.